The van der Waals surface area contributed by atoms with Crippen molar-refractivity contribution in [1.82, 2.24) is 0 Å². The highest BCUT2D eigenvalue weighted by molar-refractivity contribution is 9.10. The Bertz CT molecular complexity index is 776. The molecule has 104 valence electrons. The Kier molecular flexibility index (Phi) is 4.48. The van der Waals surface area contributed by atoms with Gasteiger partial charge in [0, 0.05) is 9.35 Å². The van der Waals surface area contributed by atoms with Gasteiger partial charge in [0.15, 0.2) is 0 Å². The van der Waals surface area contributed by atoms with Crippen molar-refractivity contribution < 1.29 is 8.42 Å². The van der Waals surface area contributed by atoms with E-state index in [-0.39, 0.29) is 15.5 Å². The van der Waals surface area contributed by atoms with Crippen LogP contribution in [-0.4, -0.2) is 8.42 Å². The second-order valence-corrected chi connectivity index (χ2v) is 7.97. The monoisotopic (exact) mass is 370 g/mol. The third-order valence-corrected chi connectivity index (χ3v) is 6.18. The molecule has 0 atom stereocenters. The summed E-state index contributed by atoms with van der Waals surface area (Å²) in [6, 6.07) is 10.2. The highest BCUT2D eigenvalue weighted by atomic mass is 79.9. The maximum Gasteiger partial charge on any atom is 0.271 e. The number of thiophene rings is 1. The Morgan fingerprint density at radius 1 is 1.35 bits per heavy atom. The van der Waals surface area contributed by atoms with Crippen LogP contribution in [0.15, 0.2) is 39.0 Å². The number of benzene rings is 1. The number of nitrogens with zero attached hydrogens (tertiary/aromatic N) is 1. The Hall–Kier alpha value is -1.36. The average molecular weight is 371 g/mol. The molecule has 1 aromatic heterocycles. The summed E-state index contributed by atoms with van der Waals surface area (Å²) in [7, 11) is -3.66. The molecule has 4 nitrogen and oxygen atoms in total. The second kappa shape index (κ2) is 5.95. The first-order valence-electron chi connectivity index (χ1n) is 5.77. The lowest BCUT2D eigenvalue weighted by Gasteiger charge is -2.08. The van der Waals surface area contributed by atoms with E-state index in [4.69, 9.17) is 5.26 Å². The molecule has 2 aromatic rings. The fraction of sp³-hybridized carbons (Fsp3) is 0.154. The molecule has 20 heavy (non-hydrogen) atoms. The minimum atomic E-state index is -3.66. The van der Waals surface area contributed by atoms with Crippen LogP contribution in [0.1, 0.15) is 17.4 Å². The molecule has 0 bridgehead atoms. The van der Waals surface area contributed by atoms with E-state index in [1.807, 2.05) is 13.0 Å². The molecule has 0 amide bonds. The minimum Gasteiger partial charge on any atom is -0.278 e. The van der Waals surface area contributed by atoms with Crippen molar-refractivity contribution in [2.24, 2.45) is 0 Å². The van der Waals surface area contributed by atoms with Gasteiger partial charge >= 0.3 is 0 Å². The standard InChI is InChI=1S/C13H11BrN2O2S2/c1-2-11-5-6-13(19-11)20(17,18)16-12-7-10(14)4-3-9(12)8-15/h3-7,16H,2H2,1H3. The molecule has 0 spiro atoms. The number of halogens is 1. The van der Waals surface area contributed by atoms with Gasteiger partial charge in [-0.3, -0.25) is 4.72 Å². The SMILES string of the molecule is CCc1ccc(S(=O)(=O)Nc2cc(Br)ccc2C#N)s1. The molecule has 0 aliphatic heterocycles. The van der Waals surface area contributed by atoms with E-state index in [0.29, 0.717) is 4.47 Å². The van der Waals surface area contributed by atoms with Crippen molar-refractivity contribution in [3.63, 3.8) is 0 Å². The summed E-state index contributed by atoms with van der Waals surface area (Å²) in [4.78, 5) is 1.00. The third-order valence-electron chi connectivity index (χ3n) is 2.60. The van der Waals surface area contributed by atoms with Gasteiger partial charge in [0.2, 0.25) is 0 Å². The van der Waals surface area contributed by atoms with E-state index in [1.54, 1.807) is 30.3 Å². The Morgan fingerprint density at radius 3 is 2.70 bits per heavy atom. The molecule has 0 radical (unpaired) electrons. The van der Waals surface area contributed by atoms with Crippen LogP contribution in [0.5, 0.6) is 0 Å². The van der Waals surface area contributed by atoms with Crippen LogP contribution in [0.2, 0.25) is 0 Å². The van der Waals surface area contributed by atoms with Gasteiger partial charge in [-0.05, 0) is 36.8 Å². The normalized spacial score (nSPS) is 11.1. The predicted octanol–water partition coefficient (Wildman–Crippen LogP) is 3.75. The van der Waals surface area contributed by atoms with E-state index in [0.717, 1.165) is 11.3 Å². The number of nitriles is 1. The lowest BCUT2D eigenvalue weighted by molar-refractivity contribution is 0.603. The summed E-state index contributed by atoms with van der Waals surface area (Å²) in [6.45, 7) is 1.97. The molecule has 0 saturated carbocycles. The lowest BCUT2D eigenvalue weighted by Crippen LogP contribution is -2.12. The summed E-state index contributed by atoms with van der Waals surface area (Å²) in [6.07, 6.45) is 0.792. The molecule has 1 N–H and O–H groups in total. The molecule has 0 aliphatic rings. The van der Waals surface area contributed by atoms with Crippen LogP contribution >= 0.6 is 27.3 Å². The summed E-state index contributed by atoms with van der Waals surface area (Å²) in [5.41, 5.74) is 0.553. The van der Waals surface area contributed by atoms with Gasteiger partial charge in [-0.15, -0.1) is 11.3 Å². The third kappa shape index (κ3) is 3.20. The molecule has 0 unspecified atom stereocenters. The smallest absolute Gasteiger partial charge is 0.271 e. The zero-order chi connectivity index (χ0) is 14.8. The number of sulfonamides is 1. The molecular weight excluding hydrogens is 360 g/mol. The first kappa shape index (κ1) is 15.0. The van der Waals surface area contributed by atoms with Crippen molar-refractivity contribution in [2.45, 2.75) is 17.6 Å². The van der Waals surface area contributed by atoms with Crippen molar-refractivity contribution in [2.75, 3.05) is 4.72 Å². The van der Waals surface area contributed by atoms with E-state index in [1.165, 1.54) is 11.3 Å². The summed E-state index contributed by atoms with van der Waals surface area (Å²) in [5, 5.41) is 9.02. The van der Waals surface area contributed by atoms with Crippen LogP contribution in [0, 0.1) is 11.3 Å². The van der Waals surface area contributed by atoms with Crippen LogP contribution in [0.4, 0.5) is 5.69 Å². The fourth-order valence-electron chi connectivity index (χ4n) is 1.59. The van der Waals surface area contributed by atoms with Crippen molar-refractivity contribution in [1.29, 1.82) is 5.26 Å². The van der Waals surface area contributed by atoms with Crippen molar-refractivity contribution in [3.8, 4) is 6.07 Å². The number of hydrogen-bond acceptors (Lipinski definition) is 4. The van der Waals surface area contributed by atoms with Gasteiger partial charge in [0.25, 0.3) is 10.0 Å². The van der Waals surface area contributed by atoms with Gasteiger partial charge in [0.1, 0.15) is 10.3 Å². The van der Waals surface area contributed by atoms with E-state index < -0.39 is 10.0 Å². The first-order valence-corrected chi connectivity index (χ1v) is 8.86. The molecular formula is C13H11BrN2O2S2. The highest BCUT2D eigenvalue weighted by Crippen LogP contribution is 2.27. The Morgan fingerprint density at radius 2 is 2.10 bits per heavy atom. The van der Waals surface area contributed by atoms with Gasteiger partial charge in [-0.2, -0.15) is 5.26 Å². The van der Waals surface area contributed by atoms with Gasteiger partial charge in [-0.1, -0.05) is 22.9 Å². The zero-order valence-electron chi connectivity index (χ0n) is 10.6. The number of nitrogens with one attached hydrogen (secondary N) is 1. The van der Waals surface area contributed by atoms with Crippen molar-refractivity contribution >= 4 is 43.0 Å². The zero-order valence-corrected chi connectivity index (χ0v) is 13.8. The molecule has 1 aromatic carbocycles. The van der Waals surface area contributed by atoms with Crippen LogP contribution < -0.4 is 4.72 Å². The lowest BCUT2D eigenvalue weighted by atomic mass is 10.2. The quantitative estimate of drug-likeness (QED) is 0.890. The van der Waals surface area contributed by atoms with Gasteiger partial charge < -0.3 is 0 Å². The number of hydrogen-bond donors (Lipinski definition) is 1. The summed E-state index contributed by atoms with van der Waals surface area (Å²) < 4.78 is 28.0. The molecule has 1 heterocycles. The second-order valence-electron chi connectivity index (χ2n) is 3.98. The Labute approximate surface area is 130 Å². The van der Waals surface area contributed by atoms with Crippen LogP contribution in [0.3, 0.4) is 0 Å². The maximum atomic E-state index is 12.3. The molecule has 0 fully saturated rings. The number of aryl methyl sites for hydroxylation is 1. The van der Waals surface area contributed by atoms with E-state index >= 15 is 0 Å². The number of anilines is 1. The van der Waals surface area contributed by atoms with Crippen molar-refractivity contribution in [3.05, 3.63) is 45.2 Å². The fourth-order valence-corrected chi connectivity index (χ4v) is 4.31. The average Bonchev–Trinajstić information content (AvgIpc) is 2.88. The molecule has 0 aliphatic carbocycles. The largest absolute Gasteiger partial charge is 0.278 e. The Balaban J connectivity index is 2.38. The van der Waals surface area contributed by atoms with E-state index in [9.17, 15) is 8.42 Å². The molecule has 7 heteroatoms. The number of rotatable bonds is 4. The first-order chi connectivity index (χ1) is 9.46. The van der Waals surface area contributed by atoms with Gasteiger partial charge in [-0.25, -0.2) is 8.42 Å². The highest BCUT2D eigenvalue weighted by Gasteiger charge is 2.18. The maximum absolute atomic E-state index is 12.3. The van der Waals surface area contributed by atoms with Crippen LogP contribution in [0.25, 0.3) is 0 Å². The summed E-state index contributed by atoms with van der Waals surface area (Å²) in [5.74, 6) is 0. The topological polar surface area (TPSA) is 70.0 Å². The van der Waals surface area contributed by atoms with Gasteiger partial charge in [0.05, 0.1) is 11.3 Å². The van der Waals surface area contributed by atoms with Crippen LogP contribution in [-0.2, 0) is 16.4 Å². The minimum absolute atomic E-state index is 0.248. The molecule has 0 saturated heterocycles. The summed E-state index contributed by atoms with van der Waals surface area (Å²) >= 11 is 4.49. The molecule has 2 rings (SSSR count). The van der Waals surface area contributed by atoms with E-state index in [2.05, 4.69) is 20.7 Å². The predicted molar refractivity (Wildman–Crippen MR) is 83.4 cm³/mol.